The van der Waals surface area contributed by atoms with Gasteiger partial charge >= 0.3 is 0 Å². The molecule has 156 valence electrons. The highest BCUT2D eigenvalue weighted by atomic mass is 16.5. The summed E-state index contributed by atoms with van der Waals surface area (Å²) in [7, 11) is 17.2. The summed E-state index contributed by atoms with van der Waals surface area (Å²) in [5, 5.41) is 16.5. The van der Waals surface area contributed by atoms with E-state index in [0.29, 0.717) is 29.8 Å². The lowest BCUT2D eigenvalue weighted by atomic mass is 9.52. The van der Waals surface area contributed by atoms with Crippen molar-refractivity contribution < 1.29 is 9.84 Å². The molecule has 5 rings (SSSR count). The van der Waals surface area contributed by atoms with E-state index in [0.717, 1.165) is 29.5 Å². The Labute approximate surface area is 189 Å². The average molecular weight is 422 g/mol. The first-order valence-corrected chi connectivity index (χ1v) is 10.5. The van der Waals surface area contributed by atoms with Gasteiger partial charge in [-0.15, -0.1) is 0 Å². The molecule has 8 nitrogen and oxygen atoms in total. The third-order valence-electron chi connectivity index (χ3n) is 5.88. The van der Waals surface area contributed by atoms with Gasteiger partial charge in [-0.25, -0.2) is 4.52 Å². The number of ether oxygens (including phenoxy) is 1. The van der Waals surface area contributed by atoms with Crippen LogP contribution in [0.15, 0.2) is 36.8 Å². The van der Waals surface area contributed by atoms with Crippen LogP contribution in [0, 0.1) is 0 Å². The Morgan fingerprint density at radius 1 is 1.25 bits per heavy atom. The molecule has 4 aromatic rings. The maximum atomic E-state index is 10.2. The molecule has 1 fully saturated rings. The molecule has 0 atom stereocenters. The fraction of sp³-hybridized carbons (Fsp3) is 0.381. The lowest BCUT2D eigenvalue weighted by molar-refractivity contribution is 0.0195. The minimum absolute atomic E-state index is 0.137. The largest absolute Gasteiger partial charge is 0.500 e. The number of hydrogen-bond donors (Lipinski definition) is 3. The fourth-order valence-corrected chi connectivity index (χ4v) is 4.19. The van der Waals surface area contributed by atoms with Gasteiger partial charge in [-0.1, -0.05) is 0 Å². The van der Waals surface area contributed by atoms with E-state index < -0.39 is 10.9 Å². The van der Waals surface area contributed by atoms with Crippen LogP contribution in [0.4, 0.5) is 5.95 Å². The summed E-state index contributed by atoms with van der Waals surface area (Å²) in [4.78, 5) is 12.4. The van der Waals surface area contributed by atoms with Crippen LogP contribution in [0.1, 0.15) is 32.6 Å². The summed E-state index contributed by atoms with van der Waals surface area (Å²) in [6, 6.07) is 5.99. The maximum absolute atomic E-state index is 10.2. The first-order chi connectivity index (χ1) is 15.2. The second-order valence-electron chi connectivity index (χ2n) is 8.77. The number of hydrogen-bond acceptors (Lipinski definition) is 6. The van der Waals surface area contributed by atoms with E-state index in [4.69, 9.17) is 28.3 Å². The Kier molecular flexibility index (Phi) is 4.96. The molecule has 0 amide bonds. The molecule has 11 heteroatoms. The van der Waals surface area contributed by atoms with Crippen LogP contribution in [0.5, 0.6) is 5.88 Å². The molecule has 3 N–H and O–H groups in total. The van der Waals surface area contributed by atoms with Crippen LogP contribution in [-0.2, 0) is 0 Å². The number of nitrogens with zero attached hydrogens (tertiary/aromatic N) is 4. The standard InChI is InChI=1S/C21H21B3N6O2/c1-20(31)6-2-13(3-7-20)27-19-28-17-16(18(29-19)32-21(22,23)24)15(11-25-17)12-5-9-30-14(10-12)4-8-26-30/h4-5,8-11,13,31H,2-3,6-7H2,1H3,(H2,25,27,28,29). The van der Waals surface area contributed by atoms with E-state index in [1.165, 1.54) is 0 Å². The zero-order chi connectivity index (χ0) is 22.5. The molecule has 1 aliphatic rings. The van der Waals surface area contributed by atoms with Crippen molar-refractivity contribution >= 4 is 46.0 Å². The Balaban J connectivity index is 1.54. The monoisotopic (exact) mass is 422 g/mol. The normalized spacial score (nSPS) is 21.8. The minimum Gasteiger partial charge on any atom is -0.500 e. The van der Waals surface area contributed by atoms with Crippen molar-refractivity contribution in [2.24, 2.45) is 0 Å². The molecule has 0 unspecified atom stereocenters. The van der Waals surface area contributed by atoms with Gasteiger partial charge in [0.05, 0.1) is 16.5 Å². The van der Waals surface area contributed by atoms with Crippen molar-refractivity contribution in [3.63, 3.8) is 0 Å². The highest BCUT2D eigenvalue weighted by Gasteiger charge is 2.29. The van der Waals surface area contributed by atoms with E-state index in [1.807, 2.05) is 37.5 Å². The smallest absolute Gasteiger partial charge is 0.228 e. The Hall–Kier alpha value is -2.94. The number of aliphatic hydroxyl groups is 1. The van der Waals surface area contributed by atoms with Gasteiger partial charge in [0.1, 0.15) is 29.2 Å². The Morgan fingerprint density at radius 3 is 2.78 bits per heavy atom. The average Bonchev–Trinajstić information content (AvgIpc) is 3.34. The van der Waals surface area contributed by atoms with Crippen LogP contribution >= 0.6 is 0 Å². The van der Waals surface area contributed by atoms with Crippen molar-refractivity contribution in [1.29, 1.82) is 0 Å². The number of aromatic amines is 1. The SMILES string of the molecule is [B]C([B])([B])Oc1nc(NC2CCC(C)(O)CC2)nc2[nH]cc(-c3ccn4nccc4c3)c12. The second-order valence-corrected chi connectivity index (χ2v) is 8.77. The third-order valence-corrected chi connectivity index (χ3v) is 5.88. The fourth-order valence-electron chi connectivity index (χ4n) is 4.19. The van der Waals surface area contributed by atoms with E-state index in [-0.39, 0.29) is 11.9 Å². The van der Waals surface area contributed by atoms with Crippen LogP contribution in [0.2, 0.25) is 0 Å². The third kappa shape index (κ3) is 4.21. The number of aromatic nitrogens is 5. The first kappa shape index (κ1) is 20.9. The van der Waals surface area contributed by atoms with Crippen molar-refractivity contribution in [3.8, 4) is 17.0 Å². The topological polar surface area (TPSA) is 100 Å². The molecule has 0 saturated heterocycles. The molecule has 0 aliphatic heterocycles. The number of pyridine rings is 1. The van der Waals surface area contributed by atoms with Gasteiger partial charge < -0.3 is 20.1 Å². The van der Waals surface area contributed by atoms with Crippen LogP contribution < -0.4 is 10.1 Å². The van der Waals surface area contributed by atoms with E-state index in [2.05, 4.69) is 25.4 Å². The predicted molar refractivity (Wildman–Crippen MR) is 125 cm³/mol. The summed E-state index contributed by atoms with van der Waals surface area (Å²) in [5.74, 6) is 0.556. The molecule has 4 heterocycles. The van der Waals surface area contributed by atoms with Gasteiger partial charge in [0.25, 0.3) is 0 Å². The van der Waals surface area contributed by atoms with Gasteiger partial charge in [0.15, 0.2) is 0 Å². The summed E-state index contributed by atoms with van der Waals surface area (Å²) in [5.41, 5.74) is 2.62. The zero-order valence-corrected chi connectivity index (χ0v) is 17.7. The minimum atomic E-state index is -1.91. The second kappa shape index (κ2) is 7.58. The van der Waals surface area contributed by atoms with Crippen molar-refractivity contribution in [2.75, 3.05) is 5.32 Å². The zero-order valence-electron chi connectivity index (χ0n) is 17.7. The highest BCUT2D eigenvalue weighted by molar-refractivity contribution is 6.58. The number of fused-ring (bicyclic) bond motifs is 2. The van der Waals surface area contributed by atoms with E-state index >= 15 is 0 Å². The molecule has 1 saturated carbocycles. The van der Waals surface area contributed by atoms with Crippen molar-refractivity contribution in [3.05, 3.63) is 36.8 Å². The van der Waals surface area contributed by atoms with Gasteiger partial charge in [0, 0.05) is 30.2 Å². The van der Waals surface area contributed by atoms with E-state index in [9.17, 15) is 5.11 Å². The van der Waals surface area contributed by atoms with E-state index in [1.54, 1.807) is 10.7 Å². The molecule has 0 bridgehead atoms. The molecule has 6 radical (unpaired) electrons. The van der Waals surface area contributed by atoms with Crippen LogP contribution in [0.25, 0.3) is 27.7 Å². The molecular formula is C21H21B3N6O2. The Bertz CT molecular complexity index is 1270. The number of rotatable bonds is 5. The maximum Gasteiger partial charge on any atom is 0.228 e. The quantitative estimate of drug-likeness (QED) is 0.425. The summed E-state index contributed by atoms with van der Waals surface area (Å²) < 4.78 is 7.41. The van der Waals surface area contributed by atoms with Gasteiger partial charge in [-0.2, -0.15) is 15.1 Å². The number of anilines is 1. The summed E-state index contributed by atoms with van der Waals surface area (Å²) in [6.45, 7) is 1.86. The number of H-pyrrole nitrogens is 1. The molecule has 0 aromatic carbocycles. The number of nitrogens with one attached hydrogen (secondary N) is 2. The molecule has 32 heavy (non-hydrogen) atoms. The lowest BCUT2D eigenvalue weighted by Gasteiger charge is -2.33. The van der Waals surface area contributed by atoms with Crippen LogP contribution in [-0.4, -0.2) is 70.2 Å². The predicted octanol–water partition coefficient (Wildman–Crippen LogP) is 1.87. The van der Waals surface area contributed by atoms with Crippen LogP contribution in [0.3, 0.4) is 0 Å². The van der Waals surface area contributed by atoms with Gasteiger partial charge in [-0.3, -0.25) is 0 Å². The molecular weight excluding hydrogens is 401 g/mol. The first-order valence-electron chi connectivity index (χ1n) is 10.5. The lowest BCUT2D eigenvalue weighted by Crippen LogP contribution is -2.38. The molecule has 0 spiro atoms. The molecule has 1 aliphatic carbocycles. The summed E-state index contributed by atoms with van der Waals surface area (Å²) >= 11 is 0. The van der Waals surface area contributed by atoms with Gasteiger partial charge in [0.2, 0.25) is 11.8 Å². The van der Waals surface area contributed by atoms with Crippen molar-refractivity contribution in [2.45, 2.75) is 49.5 Å². The van der Waals surface area contributed by atoms with Crippen molar-refractivity contribution in [1.82, 2.24) is 24.6 Å². The molecule has 4 aromatic heterocycles. The van der Waals surface area contributed by atoms with Gasteiger partial charge in [-0.05, 0) is 61.7 Å². The Morgan fingerprint density at radius 2 is 2.03 bits per heavy atom. The summed E-state index contributed by atoms with van der Waals surface area (Å²) in [6.07, 6.45) is 8.47. The highest BCUT2D eigenvalue weighted by Crippen LogP contribution is 2.36.